The van der Waals surface area contributed by atoms with Gasteiger partial charge in [0, 0.05) is 12.2 Å². The summed E-state index contributed by atoms with van der Waals surface area (Å²) in [6.07, 6.45) is 5.52. The zero-order valence-electron chi connectivity index (χ0n) is 12.3. The minimum atomic E-state index is -0.201. The Hall–Kier alpha value is -1.66. The zero-order chi connectivity index (χ0) is 15.4. The van der Waals surface area contributed by atoms with Crippen molar-refractivity contribution >= 4 is 27.5 Å². The van der Waals surface area contributed by atoms with Crippen molar-refractivity contribution in [3.63, 3.8) is 0 Å². The second kappa shape index (κ2) is 7.07. The molecule has 1 aromatic carbocycles. The van der Waals surface area contributed by atoms with Crippen LogP contribution in [0.2, 0.25) is 0 Å². The molecule has 1 aliphatic heterocycles. The molecule has 2 aromatic rings. The van der Waals surface area contributed by atoms with Crippen LogP contribution in [-0.2, 0) is 6.54 Å². The number of benzene rings is 1. The predicted molar refractivity (Wildman–Crippen MR) is 89.8 cm³/mol. The quantitative estimate of drug-likeness (QED) is 0.875. The zero-order valence-corrected chi connectivity index (χ0v) is 13.9. The molecule has 22 heavy (non-hydrogen) atoms. The number of H-pyrrole nitrogens is 1. The summed E-state index contributed by atoms with van der Waals surface area (Å²) >= 11 is 3.29. The molecule has 0 saturated carbocycles. The first-order valence-corrected chi connectivity index (χ1v) is 8.33. The van der Waals surface area contributed by atoms with Gasteiger partial charge in [-0.15, -0.1) is 0 Å². The van der Waals surface area contributed by atoms with Gasteiger partial charge in [-0.1, -0.05) is 18.6 Å². The number of carbonyl (C=O) groups excluding carboxylic acids is 1. The summed E-state index contributed by atoms with van der Waals surface area (Å²) in [5.74, 6) is -0.201. The average Bonchev–Trinajstić information content (AvgIpc) is 2.96. The summed E-state index contributed by atoms with van der Waals surface area (Å²) in [7, 11) is 0. The number of anilines is 1. The van der Waals surface area contributed by atoms with E-state index in [1.165, 1.54) is 37.9 Å². The fourth-order valence-corrected chi connectivity index (χ4v) is 3.06. The van der Waals surface area contributed by atoms with Crippen molar-refractivity contribution in [1.29, 1.82) is 0 Å². The maximum Gasteiger partial charge on any atom is 0.274 e. The van der Waals surface area contributed by atoms with E-state index >= 15 is 0 Å². The van der Waals surface area contributed by atoms with E-state index in [0.717, 1.165) is 12.2 Å². The summed E-state index contributed by atoms with van der Waals surface area (Å²) in [6, 6.07) is 8.04. The lowest BCUT2D eigenvalue weighted by molar-refractivity contribution is 0.102. The highest BCUT2D eigenvalue weighted by molar-refractivity contribution is 9.10. The molecular weight excluding hydrogens is 344 g/mol. The SMILES string of the molecule is O=C(Nc1ccc(CN2CCCCC2)cc1)c1[nH]ncc1Br. The van der Waals surface area contributed by atoms with Gasteiger partial charge < -0.3 is 5.32 Å². The molecular formula is C16H19BrN4O. The van der Waals surface area contributed by atoms with Crippen LogP contribution in [0.15, 0.2) is 34.9 Å². The first-order valence-electron chi connectivity index (χ1n) is 7.54. The Bertz CT molecular complexity index is 632. The standard InChI is InChI=1S/C16H19BrN4O/c17-14-10-18-20-15(14)16(22)19-13-6-4-12(5-7-13)11-21-8-2-1-3-9-21/h4-7,10H,1-3,8-9,11H2,(H,18,20)(H,19,22). The highest BCUT2D eigenvalue weighted by atomic mass is 79.9. The van der Waals surface area contributed by atoms with Gasteiger partial charge in [-0.05, 0) is 59.6 Å². The summed E-state index contributed by atoms with van der Waals surface area (Å²) in [5.41, 5.74) is 2.49. The molecule has 1 aromatic heterocycles. The van der Waals surface area contributed by atoms with Crippen molar-refractivity contribution in [2.75, 3.05) is 18.4 Å². The van der Waals surface area contributed by atoms with E-state index in [2.05, 4.69) is 48.5 Å². The highest BCUT2D eigenvalue weighted by Crippen LogP contribution is 2.17. The number of rotatable bonds is 4. The molecule has 0 atom stereocenters. The molecule has 116 valence electrons. The second-order valence-electron chi connectivity index (χ2n) is 5.58. The van der Waals surface area contributed by atoms with Crippen LogP contribution in [0.3, 0.4) is 0 Å². The van der Waals surface area contributed by atoms with Crippen LogP contribution in [0.5, 0.6) is 0 Å². The van der Waals surface area contributed by atoms with Crippen LogP contribution >= 0.6 is 15.9 Å². The fraction of sp³-hybridized carbons (Fsp3) is 0.375. The number of halogens is 1. The number of hydrogen-bond donors (Lipinski definition) is 2. The van der Waals surface area contributed by atoms with E-state index in [9.17, 15) is 4.79 Å². The van der Waals surface area contributed by atoms with E-state index < -0.39 is 0 Å². The Kier molecular flexibility index (Phi) is 4.90. The van der Waals surface area contributed by atoms with Crippen molar-refractivity contribution < 1.29 is 4.79 Å². The molecule has 0 unspecified atom stereocenters. The lowest BCUT2D eigenvalue weighted by Crippen LogP contribution is -2.29. The van der Waals surface area contributed by atoms with Gasteiger partial charge in [0.25, 0.3) is 5.91 Å². The van der Waals surface area contributed by atoms with Crippen LogP contribution in [0.1, 0.15) is 35.3 Å². The number of amides is 1. The van der Waals surface area contributed by atoms with Gasteiger partial charge in [0.05, 0.1) is 10.7 Å². The fourth-order valence-electron chi connectivity index (χ4n) is 2.69. The topological polar surface area (TPSA) is 61.0 Å². The first kappa shape index (κ1) is 15.2. The van der Waals surface area contributed by atoms with Crippen molar-refractivity contribution in [3.05, 3.63) is 46.2 Å². The number of nitrogens with zero attached hydrogens (tertiary/aromatic N) is 2. The van der Waals surface area contributed by atoms with Gasteiger partial charge >= 0.3 is 0 Å². The Morgan fingerprint density at radius 2 is 1.95 bits per heavy atom. The maximum absolute atomic E-state index is 12.1. The Morgan fingerprint density at radius 1 is 1.23 bits per heavy atom. The first-order chi connectivity index (χ1) is 10.7. The molecule has 1 aliphatic rings. The molecule has 2 N–H and O–H groups in total. The number of aromatic amines is 1. The molecule has 5 nitrogen and oxygen atoms in total. The van der Waals surface area contributed by atoms with Crippen LogP contribution < -0.4 is 5.32 Å². The largest absolute Gasteiger partial charge is 0.321 e. The van der Waals surface area contributed by atoms with E-state index in [-0.39, 0.29) is 5.91 Å². The van der Waals surface area contributed by atoms with Gasteiger partial charge in [-0.25, -0.2) is 0 Å². The molecule has 1 saturated heterocycles. The lowest BCUT2D eigenvalue weighted by atomic mass is 10.1. The lowest BCUT2D eigenvalue weighted by Gasteiger charge is -2.26. The van der Waals surface area contributed by atoms with E-state index in [0.29, 0.717) is 10.2 Å². The van der Waals surface area contributed by atoms with E-state index in [1.54, 1.807) is 6.20 Å². The molecule has 0 spiro atoms. The van der Waals surface area contributed by atoms with Crippen molar-refractivity contribution in [2.45, 2.75) is 25.8 Å². The number of aromatic nitrogens is 2. The van der Waals surface area contributed by atoms with Gasteiger partial charge in [-0.3, -0.25) is 14.8 Å². The van der Waals surface area contributed by atoms with Crippen LogP contribution in [0, 0.1) is 0 Å². The third-order valence-corrected chi connectivity index (χ3v) is 4.49. The molecule has 3 rings (SSSR count). The average molecular weight is 363 g/mol. The van der Waals surface area contributed by atoms with Crippen LogP contribution in [0.25, 0.3) is 0 Å². The minimum absolute atomic E-state index is 0.201. The summed E-state index contributed by atoms with van der Waals surface area (Å²) in [4.78, 5) is 14.6. The van der Waals surface area contributed by atoms with Gasteiger partial charge in [0.2, 0.25) is 0 Å². The monoisotopic (exact) mass is 362 g/mol. The predicted octanol–water partition coefficient (Wildman–Crippen LogP) is 3.41. The Balaban J connectivity index is 1.59. The van der Waals surface area contributed by atoms with Gasteiger partial charge in [-0.2, -0.15) is 5.10 Å². The molecule has 1 fully saturated rings. The highest BCUT2D eigenvalue weighted by Gasteiger charge is 2.13. The van der Waals surface area contributed by atoms with E-state index in [4.69, 9.17) is 0 Å². The molecule has 0 bridgehead atoms. The van der Waals surface area contributed by atoms with Gasteiger partial charge in [0.1, 0.15) is 5.69 Å². The van der Waals surface area contributed by atoms with Crippen LogP contribution in [0.4, 0.5) is 5.69 Å². The number of carbonyl (C=O) groups is 1. The summed E-state index contributed by atoms with van der Waals surface area (Å²) in [6.45, 7) is 3.36. The summed E-state index contributed by atoms with van der Waals surface area (Å²) in [5, 5.41) is 9.36. The number of likely N-dealkylation sites (tertiary alicyclic amines) is 1. The van der Waals surface area contributed by atoms with Crippen molar-refractivity contribution in [3.8, 4) is 0 Å². The third-order valence-electron chi connectivity index (χ3n) is 3.89. The normalized spacial score (nSPS) is 15.7. The second-order valence-corrected chi connectivity index (χ2v) is 6.44. The smallest absolute Gasteiger partial charge is 0.274 e. The van der Waals surface area contributed by atoms with Crippen LogP contribution in [-0.4, -0.2) is 34.1 Å². The number of piperidine rings is 1. The molecule has 2 heterocycles. The molecule has 0 aliphatic carbocycles. The molecule has 0 radical (unpaired) electrons. The molecule has 6 heteroatoms. The number of hydrogen-bond acceptors (Lipinski definition) is 3. The number of nitrogens with one attached hydrogen (secondary N) is 2. The molecule has 1 amide bonds. The van der Waals surface area contributed by atoms with E-state index in [1.807, 2.05) is 12.1 Å². The van der Waals surface area contributed by atoms with Crippen molar-refractivity contribution in [2.24, 2.45) is 0 Å². The third kappa shape index (κ3) is 3.75. The Labute approximate surface area is 138 Å². The summed E-state index contributed by atoms with van der Waals surface area (Å²) < 4.78 is 0.659. The van der Waals surface area contributed by atoms with Crippen molar-refractivity contribution in [1.82, 2.24) is 15.1 Å². The van der Waals surface area contributed by atoms with Gasteiger partial charge in [0.15, 0.2) is 0 Å². The Morgan fingerprint density at radius 3 is 2.59 bits per heavy atom. The minimum Gasteiger partial charge on any atom is -0.321 e. The maximum atomic E-state index is 12.1.